The Bertz CT molecular complexity index is 880. The molecule has 2 aromatic rings. The lowest BCUT2D eigenvalue weighted by molar-refractivity contribution is -0.396. The van der Waals surface area contributed by atoms with E-state index in [0.717, 1.165) is 0 Å². The fourth-order valence-corrected chi connectivity index (χ4v) is 3.84. The van der Waals surface area contributed by atoms with E-state index in [0.29, 0.717) is 0 Å². The summed E-state index contributed by atoms with van der Waals surface area (Å²) in [6.07, 6.45) is 2.44. The van der Waals surface area contributed by atoms with Gasteiger partial charge in [-0.15, -0.1) is 11.6 Å². The maximum atomic E-state index is 13.1. The molecule has 0 bridgehead atoms. The summed E-state index contributed by atoms with van der Waals surface area (Å²) in [6, 6.07) is -0.454. The number of hydrogen-bond acceptors (Lipinski definition) is 9. The van der Waals surface area contributed by atoms with Gasteiger partial charge in [-0.1, -0.05) is 9.97 Å². The van der Waals surface area contributed by atoms with E-state index in [-0.39, 0.29) is 30.5 Å². The summed E-state index contributed by atoms with van der Waals surface area (Å²) in [7, 11) is -1.12. The quantitative estimate of drug-likeness (QED) is 0.231. The van der Waals surface area contributed by atoms with Gasteiger partial charge in [0.1, 0.15) is 37.0 Å². The fraction of sp³-hybridized carbons (Fsp3) is 0.538. The van der Waals surface area contributed by atoms with Gasteiger partial charge in [0.05, 0.1) is 14.1 Å². The van der Waals surface area contributed by atoms with Crippen LogP contribution in [0.1, 0.15) is 18.3 Å². The Balaban J connectivity index is 2.14. The molecule has 0 aliphatic rings. The van der Waals surface area contributed by atoms with Crippen LogP contribution in [-0.4, -0.2) is 40.9 Å². The lowest BCUT2D eigenvalue weighted by Gasteiger charge is -2.21. The zero-order valence-corrected chi connectivity index (χ0v) is 17.4. The molecule has 0 aromatic carbocycles. The van der Waals surface area contributed by atoms with Gasteiger partial charge in [0.25, 0.3) is 0 Å². The van der Waals surface area contributed by atoms with Crippen molar-refractivity contribution in [1.82, 2.24) is 24.2 Å². The molecule has 0 aliphatic heterocycles. The molecule has 1 N–H and O–H groups in total. The van der Waals surface area contributed by atoms with Crippen molar-refractivity contribution in [1.29, 1.82) is 0 Å². The summed E-state index contributed by atoms with van der Waals surface area (Å²) in [4.78, 5) is 27.7. The van der Waals surface area contributed by atoms with Crippen molar-refractivity contribution in [3.63, 3.8) is 0 Å². The van der Waals surface area contributed by atoms with Gasteiger partial charge in [0, 0.05) is 11.9 Å². The maximum absolute atomic E-state index is 13.1. The van der Waals surface area contributed by atoms with E-state index >= 15 is 0 Å². The number of nitrogens with zero attached hydrogens (tertiary/aromatic N) is 6. The molecule has 29 heavy (non-hydrogen) atoms. The van der Waals surface area contributed by atoms with E-state index < -0.39 is 35.5 Å². The van der Waals surface area contributed by atoms with Crippen LogP contribution in [-0.2, 0) is 40.9 Å². The standard InChI is InChI=1S/C13H19ClN7O7P/c1-9(4-14)17-29(26,27-7-10-5-15-12(18(10)2)20(22)23)28-8-11-6-16-13(19(11)3)21(24)25/h5-6,9H,4,7-8H2,1-3H3,(H,17,26)/t9-/m1/s1. The molecule has 2 heterocycles. The van der Waals surface area contributed by atoms with Crippen LogP contribution < -0.4 is 5.09 Å². The van der Waals surface area contributed by atoms with E-state index in [2.05, 4.69) is 15.1 Å². The van der Waals surface area contributed by atoms with Crippen LogP contribution in [0.5, 0.6) is 0 Å². The molecule has 0 fully saturated rings. The summed E-state index contributed by atoms with van der Waals surface area (Å²) in [5, 5.41) is 24.4. The first kappa shape index (κ1) is 22.9. The number of alkyl halides is 1. The number of rotatable bonds is 11. The molecule has 0 radical (unpaired) electrons. The minimum Gasteiger partial charge on any atom is -0.390 e. The molecule has 0 saturated heterocycles. The third-order valence-corrected chi connectivity index (χ3v) is 5.98. The largest absolute Gasteiger partial charge is 0.434 e. The molecule has 0 amide bonds. The third-order valence-electron chi connectivity index (χ3n) is 3.82. The summed E-state index contributed by atoms with van der Waals surface area (Å²) in [5.41, 5.74) is 0.578. The van der Waals surface area contributed by atoms with Crippen molar-refractivity contribution < 1.29 is 23.5 Å². The number of nitrogens with one attached hydrogen (secondary N) is 1. The van der Waals surface area contributed by atoms with Crippen LogP contribution in [0.25, 0.3) is 0 Å². The van der Waals surface area contributed by atoms with Crippen LogP contribution >= 0.6 is 19.3 Å². The van der Waals surface area contributed by atoms with Crippen molar-refractivity contribution in [3.8, 4) is 0 Å². The Morgan fingerprint density at radius 1 is 1.10 bits per heavy atom. The highest BCUT2D eigenvalue weighted by Gasteiger charge is 2.30. The minimum atomic E-state index is -3.95. The van der Waals surface area contributed by atoms with E-state index in [1.165, 1.54) is 35.6 Å². The van der Waals surface area contributed by atoms with E-state index in [4.69, 9.17) is 20.6 Å². The van der Waals surface area contributed by atoms with Crippen LogP contribution in [0.15, 0.2) is 12.4 Å². The number of halogens is 1. The Labute approximate surface area is 169 Å². The average Bonchev–Trinajstić information content (AvgIpc) is 3.21. The smallest absolute Gasteiger partial charge is 0.390 e. The van der Waals surface area contributed by atoms with Crippen molar-refractivity contribution in [2.24, 2.45) is 14.1 Å². The highest BCUT2D eigenvalue weighted by atomic mass is 35.5. The summed E-state index contributed by atoms with van der Waals surface area (Å²) < 4.78 is 26.2. The summed E-state index contributed by atoms with van der Waals surface area (Å²) in [5.74, 6) is -0.697. The highest BCUT2D eigenvalue weighted by Crippen LogP contribution is 2.46. The van der Waals surface area contributed by atoms with Crippen molar-refractivity contribution >= 4 is 31.2 Å². The second kappa shape index (κ2) is 9.41. The fourth-order valence-electron chi connectivity index (χ4n) is 2.19. The summed E-state index contributed by atoms with van der Waals surface area (Å²) in [6.45, 7) is 1.04. The van der Waals surface area contributed by atoms with Gasteiger partial charge < -0.3 is 20.2 Å². The first-order chi connectivity index (χ1) is 13.6. The van der Waals surface area contributed by atoms with Crippen LogP contribution in [0.2, 0.25) is 0 Å². The predicted octanol–water partition coefficient (Wildman–Crippen LogP) is 2.03. The first-order valence-corrected chi connectivity index (χ1v) is 10.2. The molecule has 0 unspecified atom stereocenters. The van der Waals surface area contributed by atoms with E-state index in [1.54, 1.807) is 6.92 Å². The Morgan fingerprint density at radius 3 is 1.83 bits per heavy atom. The highest BCUT2D eigenvalue weighted by molar-refractivity contribution is 7.51. The van der Waals surface area contributed by atoms with Gasteiger partial charge in [-0.3, -0.25) is 9.05 Å². The molecule has 2 aromatic heterocycles. The van der Waals surface area contributed by atoms with Gasteiger partial charge in [-0.05, 0) is 16.8 Å². The molecule has 0 spiro atoms. The zero-order chi connectivity index (χ0) is 21.8. The average molecular weight is 452 g/mol. The van der Waals surface area contributed by atoms with Crippen molar-refractivity contribution in [3.05, 3.63) is 44.0 Å². The molecule has 14 nitrogen and oxygen atoms in total. The summed E-state index contributed by atoms with van der Waals surface area (Å²) >= 11 is 5.75. The SMILES string of the molecule is C[C@H](CCl)NP(=O)(OCc1cnc([N+](=O)[O-])n1C)OCc1cnc([N+](=O)[O-])n1C. The monoisotopic (exact) mass is 451 g/mol. The molecule has 2 rings (SSSR count). The zero-order valence-electron chi connectivity index (χ0n) is 15.7. The van der Waals surface area contributed by atoms with Crippen molar-refractivity contribution in [2.75, 3.05) is 5.88 Å². The van der Waals surface area contributed by atoms with Gasteiger partial charge in [0.15, 0.2) is 0 Å². The van der Waals surface area contributed by atoms with Gasteiger partial charge in [-0.25, -0.2) is 18.8 Å². The Kier molecular flexibility index (Phi) is 7.43. The number of hydrogen-bond donors (Lipinski definition) is 1. The Morgan fingerprint density at radius 2 is 1.52 bits per heavy atom. The number of nitro groups is 2. The second-order valence-corrected chi connectivity index (χ2v) is 8.04. The van der Waals surface area contributed by atoms with Gasteiger partial charge >= 0.3 is 19.6 Å². The second-order valence-electron chi connectivity index (χ2n) is 5.96. The molecule has 16 heteroatoms. The van der Waals surface area contributed by atoms with Crippen LogP contribution in [0.3, 0.4) is 0 Å². The molecule has 0 saturated carbocycles. The molecule has 0 aliphatic carbocycles. The van der Waals surface area contributed by atoms with Crippen molar-refractivity contribution in [2.45, 2.75) is 26.2 Å². The minimum absolute atomic E-state index is 0.102. The van der Waals surface area contributed by atoms with Crippen LogP contribution in [0, 0.1) is 20.2 Å². The lowest BCUT2D eigenvalue weighted by Crippen LogP contribution is -2.27. The lowest BCUT2D eigenvalue weighted by atomic mass is 10.4. The third kappa shape index (κ3) is 5.58. The van der Waals surface area contributed by atoms with Gasteiger partial charge in [0.2, 0.25) is 0 Å². The van der Waals surface area contributed by atoms with Gasteiger partial charge in [-0.2, -0.15) is 0 Å². The van der Waals surface area contributed by atoms with E-state index in [1.807, 2.05) is 0 Å². The molecule has 160 valence electrons. The normalized spacial score (nSPS) is 12.8. The molecule has 1 atom stereocenters. The predicted molar refractivity (Wildman–Crippen MR) is 100 cm³/mol. The van der Waals surface area contributed by atoms with E-state index in [9.17, 15) is 24.8 Å². The Hall–Kier alpha value is -2.38. The topological polar surface area (TPSA) is 169 Å². The maximum Gasteiger partial charge on any atom is 0.434 e. The molecular formula is C13H19ClN7O7P. The first-order valence-electron chi connectivity index (χ1n) is 8.10. The number of aromatic nitrogens is 4. The number of imidazole rings is 2. The molecular weight excluding hydrogens is 433 g/mol. The van der Waals surface area contributed by atoms with Crippen LogP contribution in [0.4, 0.5) is 11.9 Å².